The molecule has 0 aliphatic carbocycles. The van der Waals surface area contributed by atoms with Gasteiger partial charge in [0.15, 0.2) is 24.9 Å². The first-order valence-corrected chi connectivity index (χ1v) is 28.0. The highest BCUT2D eigenvalue weighted by Gasteiger charge is 2.47. The maximum absolute atomic E-state index is 10.9. The highest BCUT2D eigenvalue weighted by Crippen LogP contribution is 2.51. The van der Waals surface area contributed by atoms with Crippen LogP contribution in [0.3, 0.4) is 0 Å². The van der Waals surface area contributed by atoms with Crippen molar-refractivity contribution in [1.82, 2.24) is 59.1 Å². The minimum Gasteiger partial charge on any atom is -0.394 e. The smallest absolute Gasteiger partial charge is 0.394 e. The van der Waals surface area contributed by atoms with Gasteiger partial charge < -0.3 is 97.6 Å². The summed E-state index contributed by atoms with van der Waals surface area (Å²) in [6.07, 6.45) is -13.3. The SMILES string of the molecule is NC(=O)c1ncn([C@@H]2O[C@H](CI)[C@H](O)C2O)n1.NC(=O)c1ncn([C@@H]2O[C@H](CO)[C@H](O)C2O)n1.NC(=O)c1ncn([C@@H]2O[C@H](COS(=O)(=O)O)[C@H](O)C2O)n1.NC(=O)c1ncn([C@@H]2O[C@H](CSP(O)(O)=S)[C@H](O)C2O)n1. The van der Waals surface area contributed by atoms with Crippen molar-refractivity contribution in [2.75, 3.05) is 23.4 Å². The average Bonchev–Trinajstić information content (AvgIpc) is 4.23. The molecule has 4 aromatic heterocycles. The maximum Gasteiger partial charge on any atom is 0.397 e. The van der Waals surface area contributed by atoms with E-state index in [4.69, 9.17) is 61.3 Å². The lowest BCUT2D eigenvalue weighted by Gasteiger charge is -2.15. The van der Waals surface area contributed by atoms with E-state index in [1.54, 1.807) is 0 Å². The minimum absolute atomic E-state index is 0.0175. The first-order chi connectivity index (χ1) is 35.5. The van der Waals surface area contributed by atoms with Crippen molar-refractivity contribution in [3.8, 4) is 0 Å². The van der Waals surface area contributed by atoms with Crippen LogP contribution in [0.15, 0.2) is 25.3 Å². The fourth-order valence-corrected chi connectivity index (χ4v) is 9.93. The summed E-state index contributed by atoms with van der Waals surface area (Å²) in [6, 6.07) is 0. The van der Waals surface area contributed by atoms with Gasteiger partial charge in [0.1, 0.15) is 86.3 Å². The Hall–Kier alpha value is -4.56. The molecule has 20 N–H and O–H groups in total. The molecule has 0 saturated carbocycles. The van der Waals surface area contributed by atoms with Gasteiger partial charge >= 0.3 is 10.4 Å². The number of nitrogens with zero attached hydrogens (tertiary/aromatic N) is 12. The van der Waals surface area contributed by atoms with Crippen molar-refractivity contribution >= 4 is 85.5 Å². The van der Waals surface area contributed by atoms with E-state index in [0.717, 1.165) is 33.0 Å². The Morgan fingerprint density at radius 1 is 0.579 bits per heavy atom. The van der Waals surface area contributed by atoms with E-state index in [9.17, 15) is 68.4 Å². The van der Waals surface area contributed by atoms with Gasteiger partial charge in [-0.3, -0.25) is 23.7 Å². The first-order valence-electron chi connectivity index (χ1n) is 20.9. The Kier molecular flexibility index (Phi) is 21.6. The lowest BCUT2D eigenvalue weighted by molar-refractivity contribution is -0.0588. The number of halogens is 1. The molecule has 8 heterocycles. The molecule has 0 bridgehead atoms. The molecule has 16 atom stereocenters. The second kappa shape index (κ2) is 26.4. The van der Waals surface area contributed by atoms with E-state index in [2.05, 4.69) is 56.3 Å². The number of hydrogen-bond donors (Lipinski definition) is 16. The number of nitrogens with two attached hydrogens (primary N) is 4. The van der Waals surface area contributed by atoms with Crippen molar-refractivity contribution in [2.24, 2.45) is 22.9 Å². The topological polar surface area (TPSA) is 618 Å². The third-order valence-electron chi connectivity index (χ3n) is 10.4. The van der Waals surface area contributed by atoms with Crippen LogP contribution in [-0.2, 0) is 45.3 Å². The van der Waals surface area contributed by atoms with Gasteiger partial charge in [0.2, 0.25) is 29.0 Å². The molecule has 8 rings (SSSR count). The zero-order chi connectivity index (χ0) is 56.7. The standard InChI is InChI=1S/C8H11IN4O4.C8H12N4O8S.C8H13N4O6PS2.C8H12N4O5/c9-1-3-4(14)5(15)8(17-3)13-2-11-7(12-13)6(10)16;9-6(15)7-10-2-12(11-7)8-5(14)4(13)3(20-8)1-19-21(16,17)18;9-6(15)7-10-2-12(11-7)8-5(14)4(13)3(18-8)1-21-19(16,17)20;9-6(16)7-10-2-12(11-7)8-5(15)4(14)3(1-13)17-8/h2-5,8,14-15H,1H2,(H2,10,16);2-5,8,13-14H,1H2,(H2,9,15)(H,16,17,18);2-5,8,13-14H,1H2,(H2,9,15)(H2,16,17,20);2-5,8,13-15H,1H2,(H2,9,16)/t4*3-,4+,5?,8-/m1111/s1. The van der Waals surface area contributed by atoms with Gasteiger partial charge in [0, 0.05) is 10.2 Å². The van der Waals surface area contributed by atoms with E-state index in [1.165, 1.54) is 11.0 Å². The van der Waals surface area contributed by atoms with Gasteiger partial charge in [-0.15, -0.1) is 20.4 Å². The fourth-order valence-electron chi connectivity index (χ4n) is 6.71. The molecule has 4 fully saturated rings. The number of amides is 4. The predicted octanol–water partition coefficient (Wildman–Crippen LogP) is -9.83. The summed E-state index contributed by atoms with van der Waals surface area (Å²) in [7, 11) is -4.71. The molecule has 4 saturated heterocycles. The molecule has 0 aromatic carbocycles. The van der Waals surface area contributed by atoms with Gasteiger partial charge in [-0.1, -0.05) is 34.0 Å². The predicted molar refractivity (Wildman–Crippen MR) is 253 cm³/mol. The van der Waals surface area contributed by atoms with Crippen LogP contribution in [-0.4, -0.2) is 248 Å². The summed E-state index contributed by atoms with van der Waals surface area (Å²) in [5.74, 6) is -4.27. The lowest BCUT2D eigenvalue weighted by Crippen LogP contribution is -2.34. The quantitative estimate of drug-likeness (QED) is 0.0214. The lowest BCUT2D eigenvalue weighted by atomic mass is 10.1. The van der Waals surface area contributed by atoms with E-state index in [1.807, 2.05) is 22.6 Å². The molecular formula is C32H48IN16O23PS3. The number of ether oxygens (including phenoxy) is 4. The largest absolute Gasteiger partial charge is 0.397 e. The summed E-state index contributed by atoms with van der Waals surface area (Å²) in [5, 5.41) is 102. The van der Waals surface area contributed by atoms with Crippen LogP contribution in [0.4, 0.5) is 0 Å². The molecule has 424 valence electrons. The van der Waals surface area contributed by atoms with Crippen LogP contribution >= 0.6 is 39.7 Å². The Labute approximate surface area is 446 Å². The average molecular weight is 1280 g/mol. The third-order valence-corrected chi connectivity index (χ3v) is 14.9. The summed E-state index contributed by atoms with van der Waals surface area (Å²) < 4.78 is 59.4. The van der Waals surface area contributed by atoms with Crippen molar-refractivity contribution in [3.63, 3.8) is 0 Å². The van der Waals surface area contributed by atoms with Gasteiger partial charge in [0.25, 0.3) is 23.6 Å². The summed E-state index contributed by atoms with van der Waals surface area (Å²) in [5.41, 5.74) is 16.5. The Balaban J connectivity index is 0.000000188. The Bertz CT molecular complexity index is 2710. The molecule has 39 nitrogen and oxygen atoms in total. The molecule has 4 aliphatic rings. The van der Waals surface area contributed by atoms with Gasteiger partial charge in [-0.2, -0.15) is 8.42 Å². The van der Waals surface area contributed by atoms with Crippen LogP contribution in [0.1, 0.15) is 67.4 Å². The van der Waals surface area contributed by atoms with Crippen LogP contribution in [0.2, 0.25) is 0 Å². The van der Waals surface area contributed by atoms with Crippen LogP contribution in [0.5, 0.6) is 0 Å². The summed E-state index contributed by atoms with van der Waals surface area (Å²) in [4.78, 5) is 76.2. The highest BCUT2D eigenvalue weighted by molar-refractivity contribution is 14.1. The number of primary amides is 4. The number of aliphatic hydroxyl groups is 9. The van der Waals surface area contributed by atoms with Crippen molar-refractivity contribution in [2.45, 2.75) is 98.2 Å². The number of aromatic nitrogens is 12. The zero-order valence-electron chi connectivity index (χ0n) is 38.0. The Morgan fingerprint density at radius 3 is 1.13 bits per heavy atom. The van der Waals surface area contributed by atoms with Gasteiger partial charge in [0.05, 0.1) is 25.4 Å². The van der Waals surface area contributed by atoms with Crippen LogP contribution in [0, 0.1) is 0 Å². The fraction of sp³-hybridized carbons (Fsp3) is 0.625. The molecule has 4 aromatic rings. The number of rotatable bonds is 16. The molecule has 4 amide bonds. The number of hydrogen-bond acceptors (Lipinski definition) is 30. The Morgan fingerprint density at radius 2 is 0.868 bits per heavy atom. The summed E-state index contributed by atoms with van der Waals surface area (Å²) >= 11 is 7.16. The van der Waals surface area contributed by atoms with Gasteiger partial charge in [-0.05, 0) is 11.8 Å². The zero-order valence-corrected chi connectivity index (χ0v) is 43.5. The van der Waals surface area contributed by atoms with E-state index in [0.29, 0.717) is 15.8 Å². The monoisotopic (exact) mass is 1280 g/mol. The second-order valence-corrected chi connectivity index (χ2v) is 23.7. The normalized spacial score (nSPS) is 31.1. The molecule has 44 heteroatoms. The molecular weight excluding hydrogens is 1230 g/mol. The molecule has 4 aliphatic heterocycles. The number of carbonyl (C=O) groups is 4. The molecule has 0 radical (unpaired) electrons. The number of aliphatic hydroxyl groups excluding tert-OH is 9. The van der Waals surface area contributed by atoms with E-state index >= 15 is 0 Å². The highest BCUT2D eigenvalue weighted by atomic mass is 127. The van der Waals surface area contributed by atoms with E-state index < -0.39 is 151 Å². The summed E-state index contributed by atoms with van der Waals surface area (Å²) in [6.45, 7) is -1.16. The van der Waals surface area contributed by atoms with Crippen LogP contribution in [0.25, 0.3) is 0 Å². The molecule has 76 heavy (non-hydrogen) atoms. The van der Waals surface area contributed by atoms with Crippen LogP contribution < -0.4 is 22.9 Å². The van der Waals surface area contributed by atoms with E-state index in [-0.39, 0.29) is 29.1 Å². The number of alkyl halides is 1. The molecule has 4 unspecified atom stereocenters. The third kappa shape index (κ3) is 15.8. The van der Waals surface area contributed by atoms with Gasteiger partial charge in [-0.25, -0.2) is 42.8 Å². The molecule has 0 spiro atoms. The van der Waals surface area contributed by atoms with Crippen molar-refractivity contribution in [3.05, 3.63) is 48.6 Å². The minimum atomic E-state index is -4.71. The second-order valence-electron chi connectivity index (χ2n) is 15.7. The number of carbonyl (C=O) groups excluding carboxylic acids is 4. The maximum atomic E-state index is 10.9. The first kappa shape index (κ1) is 62.3. The van der Waals surface area contributed by atoms with Crippen molar-refractivity contribution < 1.29 is 111 Å². The van der Waals surface area contributed by atoms with Crippen molar-refractivity contribution in [1.29, 1.82) is 0 Å².